The summed E-state index contributed by atoms with van der Waals surface area (Å²) in [4.78, 5) is 0. The third kappa shape index (κ3) is 8.82. The molecule has 0 fully saturated rings. The van der Waals surface area contributed by atoms with Crippen LogP contribution in [0.4, 0.5) is 0 Å². The Labute approximate surface area is 78.4 Å². The second-order valence-electron chi connectivity index (χ2n) is 0. The van der Waals surface area contributed by atoms with Gasteiger partial charge >= 0.3 is 0 Å². The molecule has 0 saturated heterocycles. The summed E-state index contributed by atoms with van der Waals surface area (Å²) in [5, 5.41) is 0. The monoisotopic (exact) mass is 290 g/mol. The first kappa shape index (κ1) is 31.1. The van der Waals surface area contributed by atoms with Crippen LogP contribution >= 0.6 is 0 Å². The Morgan fingerprint density at radius 3 is 1.00 bits per heavy atom. The topological polar surface area (TPSA) is 0 Å². The van der Waals surface area contributed by atoms with Gasteiger partial charge in [0, 0.05) is 79.5 Å². The van der Waals surface area contributed by atoms with E-state index in [1.54, 1.807) is 0 Å². The van der Waals surface area contributed by atoms with E-state index in [9.17, 15) is 0 Å². The standard InChI is InChI=1S/Co.Cu.Sn.Ti. The van der Waals surface area contributed by atoms with Crippen LogP contribution < -0.4 is 0 Å². The van der Waals surface area contributed by atoms with Crippen LogP contribution in [-0.2, 0) is 55.6 Å². The van der Waals surface area contributed by atoms with Crippen LogP contribution in [0.1, 0.15) is 0 Å². The summed E-state index contributed by atoms with van der Waals surface area (Å²) in [5.41, 5.74) is 0. The van der Waals surface area contributed by atoms with Crippen molar-refractivity contribution in [1.82, 2.24) is 0 Å². The molecule has 0 aromatic carbocycles. The molecule has 0 unspecified atom stereocenters. The van der Waals surface area contributed by atoms with Crippen LogP contribution in [0.5, 0.6) is 0 Å². The Morgan fingerprint density at radius 2 is 1.00 bits per heavy atom. The van der Waals surface area contributed by atoms with E-state index in [2.05, 4.69) is 0 Å². The van der Waals surface area contributed by atoms with E-state index in [0.29, 0.717) is 0 Å². The quantitative estimate of drug-likeness (QED) is 0.533. The molecule has 0 aromatic heterocycles. The molecular weight excluding hydrogens is 289 g/mol. The zero-order valence-corrected chi connectivity index (χ0v) is 8.03. The van der Waals surface area contributed by atoms with Crippen molar-refractivity contribution in [3.05, 3.63) is 0 Å². The first-order valence-corrected chi connectivity index (χ1v) is 0. The fraction of sp³-hybridized carbons (Fsp3) is 0. The summed E-state index contributed by atoms with van der Waals surface area (Å²) in [5.74, 6) is 0. The molecule has 0 aliphatic carbocycles. The Hall–Kier alpha value is 2.54. The summed E-state index contributed by atoms with van der Waals surface area (Å²) >= 11 is 0. The molecule has 0 aliphatic heterocycles. The molecule has 28 valence electrons. The van der Waals surface area contributed by atoms with E-state index in [1.165, 1.54) is 0 Å². The van der Waals surface area contributed by atoms with E-state index in [1.807, 2.05) is 0 Å². The van der Waals surface area contributed by atoms with E-state index >= 15 is 0 Å². The fourth-order valence-corrected chi connectivity index (χ4v) is 0. The summed E-state index contributed by atoms with van der Waals surface area (Å²) in [6.45, 7) is 0. The van der Waals surface area contributed by atoms with Crippen LogP contribution in [0.3, 0.4) is 0 Å². The van der Waals surface area contributed by atoms with Crippen LogP contribution in [0.15, 0.2) is 0 Å². The van der Waals surface area contributed by atoms with Crippen molar-refractivity contribution in [1.29, 1.82) is 0 Å². The Balaban J connectivity index is 0. The molecule has 0 heterocycles. The summed E-state index contributed by atoms with van der Waals surface area (Å²) in [6.07, 6.45) is 0. The third-order valence-corrected chi connectivity index (χ3v) is 0. The molecule has 0 spiro atoms. The Kier molecular flexibility index (Phi) is 138. The second kappa shape index (κ2) is 17.7. The maximum atomic E-state index is 0. The zero-order chi connectivity index (χ0) is 0. The molecule has 0 atom stereocenters. The molecule has 0 bridgehead atoms. The second-order valence-corrected chi connectivity index (χ2v) is 0. The molecule has 0 N–H and O–H groups in total. The summed E-state index contributed by atoms with van der Waals surface area (Å²) in [7, 11) is 0. The number of hydrogen-bond acceptors (Lipinski definition) is 0. The smallest absolute Gasteiger partial charge is 0 e. The van der Waals surface area contributed by atoms with Crippen LogP contribution in [-0.4, -0.2) is 23.9 Å². The Morgan fingerprint density at radius 1 is 1.00 bits per heavy atom. The molecule has 0 nitrogen and oxygen atoms in total. The fourth-order valence-electron chi connectivity index (χ4n) is 0. The van der Waals surface area contributed by atoms with Gasteiger partial charge in [0.15, 0.2) is 0 Å². The van der Waals surface area contributed by atoms with Gasteiger partial charge in [-0.25, -0.2) is 0 Å². The van der Waals surface area contributed by atoms with E-state index in [-0.39, 0.29) is 79.5 Å². The molecule has 6 radical (unpaired) electrons. The van der Waals surface area contributed by atoms with Crippen molar-refractivity contribution in [2.75, 3.05) is 0 Å². The largest absolute Gasteiger partial charge is 0 e. The first-order chi connectivity index (χ1) is 0. The first-order valence-electron chi connectivity index (χ1n) is 0. The predicted octanol–water partition coefficient (Wildman–Crippen LogP) is -0.388. The van der Waals surface area contributed by atoms with Gasteiger partial charge in [-0.2, -0.15) is 0 Å². The minimum Gasteiger partial charge on any atom is 0 e. The van der Waals surface area contributed by atoms with Gasteiger partial charge in [-0.3, -0.25) is 0 Å². The number of rotatable bonds is 0. The van der Waals surface area contributed by atoms with Crippen molar-refractivity contribution < 1.29 is 55.6 Å². The van der Waals surface area contributed by atoms with Gasteiger partial charge in [-0.15, -0.1) is 0 Å². The SMILES string of the molecule is [Co].[Cu].[Sn].[Ti]. The Bertz CT molecular complexity index is 8.00. The minimum atomic E-state index is 0. The average Bonchev–Trinajstić information content (AvgIpc) is 0. The maximum absolute atomic E-state index is 0. The van der Waals surface area contributed by atoms with Crippen molar-refractivity contribution in [2.24, 2.45) is 0 Å². The number of hydrogen-bond donors (Lipinski definition) is 0. The molecule has 4 heteroatoms. The van der Waals surface area contributed by atoms with Gasteiger partial charge in [0.25, 0.3) is 0 Å². The average molecular weight is 289 g/mol. The van der Waals surface area contributed by atoms with Crippen LogP contribution in [0, 0.1) is 0 Å². The van der Waals surface area contributed by atoms with Crippen molar-refractivity contribution in [3.63, 3.8) is 0 Å². The van der Waals surface area contributed by atoms with Gasteiger partial charge in [0.1, 0.15) is 0 Å². The van der Waals surface area contributed by atoms with Gasteiger partial charge in [-0.1, -0.05) is 0 Å². The normalized spacial score (nSPS) is 0. The third-order valence-electron chi connectivity index (χ3n) is 0. The van der Waals surface area contributed by atoms with Gasteiger partial charge in [0.2, 0.25) is 0 Å². The molecule has 0 amide bonds. The van der Waals surface area contributed by atoms with Crippen LogP contribution in [0.2, 0.25) is 0 Å². The molecule has 0 aliphatic rings. The minimum absolute atomic E-state index is 0. The molecule has 4 heavy (non-hydrogen) atoms. The van der Waals surface area contributed by atoms with E-state index < -0.39 is 0 Å². The summed E-state index contributed by atoms with van der Waals surface area (Å²) in [6, 6.07) is 0. The van der Waals surface area contributed by atoms with E-state index in [4.69, 9.17) is 0 Å². The van der Waals surface area contributed by atoms with Crippen molar-refractivity contribution in [2.45, 2.75) is 0 Å². The predicted molar refractivity (Wildman–Crippen MR) is 5.75 cm³/mol. The molecular formula is CoCuSnTi. The van der Waals surface area contributed by atoms with Crippen molar-refractivity contribution in [3.8, 4) is 0 Å². The molecule has 0 rings (SSSR count). The molecule has 0 aromatic rings. The van der Waals surface area contributed by atoms with Crippen molar-refractivity contribution >= 4 is 23.9 Å². The zero-order valence-electron chi connectivity index (χ0n) is 1.63. The summed E-state index contributed by atoms with van der Waals surface area (Å²) < 4.78 is 0. The van der Waals surface area contributed by atoms with Gasteiger partial charge in [0.05, 0.1) is 0 Å². The van der Waals surface area contributed by atoms with Gasteiger partial charge in [-0.05, 0) is 0 Å². The maximum Gasteiger partial charge on any atom is 0 e. The van der Waals surface area contributed by atoms with Crippen LogP contribution in [0.25, 0.3) is 0 Å². The van der Waals surface area contributed by atoms with E-state index in [0.717, 1.165) is 0 Å². The molecule has 0 saturated carbocycles. The van der Waals surface area contributed by atoms with Gasteiger partial charge < -0.3 is 0 Å².